The Bertz CT molecular complexity index is 941. The molecular formula is C30H48O5. The number of hydrogen-bond acceptors (Lipinski definition) is 4. The van der Waals surface area contributed by atoms with Crippen molar-refractivity contribution in [1.29, 1.82) is 0 Å². The SMILES string of the molecule is C[C@H]1[C@H](C)CC[C@]2(C(=O)O)C[C@H](O)[C@]3(C)C(=CC[C@@H]4[C@@]5(C)C[C@@H](O)[C@H](O)C(C)(C)[C@@H]5CC[C@]43C)[C@H]12. The van der Waals surface area contributed by atoms with Gasteiger partial charge in [-0.25, -0.2) is 0 Å². The van der Waals surface area contributed by atoms with E-state index in [0.29, 0.717) is 25.2 Å². The molecule has 0 spiro atoms. The highest BCUT2D eigenvalue weighted by molar-refractivity contribution is 5.77. The third-order valence-corrected chi connectivity index (χ3v) is 13.4. The fourth-order valence-corrected chi connectivity index (χ4v) is 11.1. The summed E-state index contributed by atoms with van der Waals surface area (Å²) in [5.74, 6) is 0.482. The lowest BCUT2D eigenvalue weighted by atomic mass is 9.32. The van der Waals surface area contributed by atoms with Gasteiger partial charge in [0.05, 0.1) is 23.7 Å². The van der Waals surface area contributed by atoms with E-state index < -0.39 is 35.1 Å². The lowest BCUT2D eigenvalue weighted by Gasteiger charge is -2.72. The molecule has 4 saturated carbocycles. The van der Waals surface area contributed by atoms with Crippen LogP contribution in [-0.4, -0.2) is 44.7 Å². The Hall–Kier alpha value is -0.910. The average Bonchev–Trinajstić information content (AvgIpc) is 2.76. The van der Waals surface area contributed by atoms with Gasteiger partial charge in [-0.2, -0.15) is 0 Å². The van der Waals surface area contributed by atoms with Gasteiger partial charge in [0.15, 0.2) is 0 Å². The molecule has 5 heteroatoms. The molecule has 0 heterocycles. The van der Waals surface area contributed by atoms with Crippen molar-refractivity contribution in [3.8, 4) is 0 Å². The first-order chi connectivity index (χ1) is 16.1. The van der Waals surface area contributed by atoms with E-state index in [1.165, 1.54) is 5.57 Å². The Morgan fingerprint density at radius 2 is 1.60 bits per heavy atom. The first-order valence-electron chi connectivity index (χ1n) is 14.1. The molecular weight excluding hydrogens is 440 g/mol. The Labute approximate surface area is 211 Å². The Balaban J connectivity index is 1.66. The van der Waals surface area contributed by atoms with E-state index in [9.17, 15) is 25.2 Å². The summed E-state index contributed by atoms with van der Waals surface area (Å²) in [6.07, 6.45) is 5.36. The van der Waals surface area contributed by atoms with Crippen molar-refractivity contribution in [3.05, 3.63) is 11.6 Å². The summed E-state index contributed by atoms with van der Waals surface area (Å²) in [6, 6.07) is 0. The summed E-state index contributed by atoms with van der Waals surface area (Å²) in [4.78, 5) is 12.8. The highest BCUT2D eigenvalue weighted by Crippen LogP contribution is 2.75. The minimum Gasteiger partial charge on any atom is -0.481 e. The molecule has 0 saturated heterocycles. The van der Waals surface area contributed by atoms with Crippen LogP contribution < -0.4 is 0 Å². The van der Waals surface area contributed by atoms with E-state index in [1.807, 2.05) is 0 Å². The number of hydrogen-bond donors (Lipinski definition) is 4. The van der Waals surface area contributed by atoms with Crippen molar-refractivity contribution < 1.29 is 25.2 Å². The van der Waals surface area contributed by atoms with Gasteiger partial charge in [0.2, 0.25) is 0 Å². The van der Waals surface area contributed by atoms with Crippen LogP contribution in [-0.2, 0) is 4.79 Å². The molecule has 0 aromatic carbocycles. The molecule has 5 aliphatic rings. The Morgan fingerprint density at radius 1 is 0.943 bits per heavy atom. The molecule has 4 fully saturated rings. The maximum atomic E-state index is 12.8. The van der Waals surface area contributed by atoms with Crippen molar-refractivity contribution in [2.45, 2.75) is 112 Å². The van der Waals surface area contributed by atoms with Gasteiger partial charge in [0, 0.05) is 5.41 Å². The van der Waals surface area contributed by atoms with Crippen LogP contribution >= 0.6 is 0 Å². The lowest BCUT2D eigenvalue weighted by Crippen LogP contribution is -2.69. The van der Waals surface area contributed by atoms with E-state index in [1.54, 1.807) is 0 Å². The molecule has 0 radical (unpaired) electrons. The van der Waals surface area contributed by atoms with Gasteiger partial charge in [0.1, 0.15) is 0 Å². The molecule has 0 bridgehead atoms. The summed E-state index contributed by atoms with van der Waals surface area (Å²) >= 11 is 0. The van der Waals surface area contributed by atoms with Crippen LogP contribution in [0.25, 0.3) is 0 Å². The van der Waals surface area contributed by atoms with Gasteiger partial charge in [-0.3, -0.25) is 4.79 Å². The van der Waals surface area contributed by atoms with Crippen LogP contribution in [0, 0.1) is 56.7 Å². The van der Waals surface area contributed by atoms with Crippen molar-refractivity contribution in [3.63, 3.8) is 0 Å². The predicted octanol–water partition coefficient (Wildman–Crippen LogP) is 5.03. The van der Waals surface area contributed by atoms with Crippen LogP contribution in [0.3, 0.4) is 0 Å². The molecule has 0 aliphatic heterocycles. The number of carboxylic acid groups (broad SMARTS) is 1. The summed E-state index contributed by atoms with van der Waals surface area (Å²) in [5, 5.41) is 44.4. The maximum absolute atomic E-state index is 12.8. The van der Waals surface area contributed by atoms with Gasteiger partial charge >= 0.3 is 5.97 Å². The van der Waals surface area contributed by atoms with Crippen molar-refractivity contribution in [2.24, 2.45) is 56.7 Å². The maximum Gasteiger partial charge on any atom is 0.310 e. The lowest BCUT2D eigenvalue weighted by molar-refractivity contribution is -0.245. The molecule has 198 valence electrons. The smallest absolute Gasteiger partial charge is 0.310 e. The zero-order valence-corrected chi connectivity index (χ0v) is 22.8. The Kier molecular flexibility index (Phi) is 5.56. The predicted molar refractivity (Wildman–Crippen MR) is 135 cm³/mol. The first kappa shape index (κ1) is 25.7. The second kappa shape index (κ2) is 7.57. The minimum absolute atomic E-state index is 0.0457. The van der Waals surface area contributed by atoms with Crippen LogP contribution in [0.1, 0.15) is 93.4 Å². The van der Waals surface area contributed by atoms with Gasteiger partial charge in [-0.15, -0.1) is 0 Å². The standard InChI is InChI=1S/C30H48O5/c1-16-10-13-30(25(34)35)15-22(32)29(7)18(23(30)17(16)2)8-9-21-27(5)14-19(31)24(33)26(3,4)20(27)11-12-28(21,29)6/h8,16-17,19-24,31-33H,9-15H2,1-7H3,(H,34,35)/t16-,17+,19-,20+,21-,22+,23+,24+,27+,28-,29+,30+/m1/s1. The fourth-order valence-electron chi connectivity index (χ4n) is 11.1. The normalized spacial score (nSPS) is 57.1. The Morgan fingerprint density at radius 3 is 2.23 bits per heavy atom. The molecule has 5 rings (SSSR count). The molecule has 4 N–H and O–H groups in total. The van der Waals surface area contributed by atoms with Crippen molar-refractivity contribution in [2.75, 3.05) is 0 Å². The second-order valence-corrected chi connectivity index (χ2v) is 14.7. The summed E-state index contributed by atoms with van der Waals surface area (Å²) in [5.41, 5.74) is -0.917. The molecule has 0 amide bonds. The average molecular weight is 489 g/mol. The van der Waals surface area contributed by atoms with Crippen molar-refractivity contribution >= 4 is 5.97 Å². The number of aliphatic hydroxyl groups is 3. The zero-order chi connectivity index (χ0) is 25.9. The van der Waals surface area contributed by atoms with Crippen LogP contribution in [0.5, 0.6) is 0 Å². The summed E-state index contributed by atoms with van der Waals surface area (Å²) in [7, 11) is 0. The highest BCUT2D eigenvalue weighted by atomic mass is 16.4. The molecule has 5 aliphatic carbocycles. The highest BCUT2D eigenvalue weighted by Gasteiger charge is 2.72. The monoisotopic (exact) mass is 488 g/mol. The number of carboxylic acids is 1. The molecule has 5 nitrogen and oxygen atoms in total. The zero-order valence-electron chi connectivity index (χ0n) is 22.8. The van der Waals surface area contributed by atoms with Gasteiger partial charge in [0.25, 0.3) is 0 Å². The summed E-state index contributed by atoms with van der Waals surface area (Å²) in [6.45, 7) is 15.6. The second-order valence-electron chi connectivity index (χ2n) is 14.7. The topological polar surface area (TPSA) is 98.0 Å². The van der Waals surface area contributed by atoms with Gasteiger partial charge in [-0.1, -0.05) is 60.1 Å². The molecule has 0 aromatic heterocycles. The van der Waals surface area contributed by atoms with Crippen LogP contribution in [0.2, 0.25) is 0 Å². The quantitative estimate of drug-likeness (QED) is 0.388. The van der Waals surface area contributed by atoms with Gasteiger partial charge < -0.3 is 20.4 Å². The van der Waals surface area contributed by atoms with Crippen molar-refractivity contribution in [1.82, 2.24) is 0 Å². The molecule has 12 atom stereocenters. The summed E-state index contributed by atoms with van der Waals surface area (Å²) < 4.78 is 0. The largest absolute Gasteiger partial charge is 0.481 e. The van der Waals surface area contributed by atoms with E-state index >= 15 is 0 Å². The third-order valence-electron chi connectivity index (χ3n) is 13.4. The number of fused-ring (bicyclic) bond motifs is 7. The van der Waals surface area contributed by atoms with Gasteiger partial charge in [-0.05, 0) is 90.8 Å². The first-order valence-corrected chi connectivity index (χ1v) is 14.1. The van der Waals surface area contributed by atoms with Crippen LogP contribution in [0.15, 0.2) is 11.6 Å². The number of aliphatic hydroxyl groups excluding tert-OH is 3. The minimum atomic E-state index is -0.881. The molecule has 35 heavy (non-hydrogen) atoms. The number of aliphatic carboxylic acids is 1. The van der Waals surface area contributed by atoms with E-state index in [-0.39, 0.29) is 39.9 Å². The number of carbonyl (C=O) groups is 1. The fraction of sp³-hybridized carbons (Fsp3) is 0.900. The molecule has 0 unspecified atom stereocenters. The third kappa shape index (κ3) is 2.90. The van der Waals surface area contributed by atoms with E-state index in [4.69, 9.17) is 0 Å². The molecule has 0 aromatic rings. The number of rotatable bonds is 1. The van der Waals surface area contributed by atoms with E-state index in [2.05, 4.69) is 54.5 Å². The number of allylic oxidation sites excluding steroid dienone is 1. The van der Waals surface area contributed by atoms with E-state index in [0.717, 1.165) is 25.7 Å². The van der Waals surface area contributed by atoms with Crippen LogP contribution in [0.4, 0.5) is 0 Å².